The third kappa shape index (κ3) is 72.4. The Hall–Kier alpha value is -4.63. The highest BCUT2D eigenvalue weighted by molar-refractivity contribution is 7.45. The molecule has 10 heteroatoms. The number of phosphoric acid groups is 1. The number of phosphoric ester groups is 1. The summed E-state index contributed by atoms with van der Waals surface area (Å²) in [6.07, 6.45) is 104. The first kappa shape index (κ1) is 85.4. The van der Waals surface area contributed by atoms with E-state index in [1.54, 1.807) is 0 Å². The number of likely N-dealkylation sites (N-methyl/N-ethyl adjacent to an activating group) is 1. The molecule has 0 bridgehead atoms. The highest BCUT2D eigenvalue weighted by atomic mass is 31.2. The third-order valence-electron chi connectivity index (χ3n) is 14.7. The number of ether oxygens (including phenoxy) is 2. The molecule has 2 atom stereocenters. The Labute approximate surface area is 553 Å². The smallest absolute Gasteiger partial charge is 0.306 e. The van der Waals surface area contributed by atoms with Crippen molar-refractivity contribution >= 4 is 19.8 Å². The van der Waals surface area contributed by atoms with Crippen molar-refractivity contribution in [2.45, 2.75) is 277 Å². The van der Waals surface area contributed by atoms with E-state index in [2.05, 4.69) is 184 Å². The largest absolute Gasteiger partial charge is 0.756 e. The Balaban J connectivity index is 4.09. The minimum absolute atomic E-state index is 0.0418. The van der Waals surface area contributed by atoms with Crippen LogP contribution in [0.25, 0.3) is 0 Å². The summed E-state index contributed by atoms with van der Waals surface area (Å²) >= 11 is 0. The molecule has 0 saturated carbocycles. The van der Waals surface area contributed by atoms with Gasteiger partial charge < -0.3 is 27.9 Å². The molecule has 0 aromatic heterocycles. The van der Waals surface area contributed by atoms with Crippen LogP contribution >= 0.6 is 7.82 Å². The molecule has 0 fully saturated rings. The average Bonchev–Trinajstić information content (AvgIpc) is 3.58. The summed E-state index contributed by atoms with van der Waals surface area (Å²) in [7, 11) is 1.14. The summed E-state index contributed by atoms with van der Waals surface area (Å²) in [6.45, 7) is 3.98. The Bertz CT molecular complexity index is 2130. The van der Waals surface area contributed by atoms with Gasteiger partial charge >= 0.3 is 11.9 Å². The van der Waals surface area contributed by atoms with Gasteiger partial charge in [-0.15, -0.1) is 0 Å². The first-order valence-corrected chi connectivity index (χ1v) is 37.3. The van der Waals surface area contributed by atoms with Crippen molar-refractivity contribution in [3.05, 3.63) is 170 Å². The fraction of sp³-hybridized carbons (Fsp3) is 0.625. The predicted molar refractivity (Wildman–Crippen MR) is 387 cm³/mol. The second-order valence-electron chi connectivity index (χ2n) is 24.5. The molecule has 0 amide bonds. The molecule has 0 rings (SSSR count). The van der Waals surface area contributed by atoms with Crippen molar-refractivity contribution in [1.29, 1.82) is 0 Å². The highest BCUT2D eigenvalue weighted by Crippen LogP contribution is 2.38. The number of hydrogen-bond donors (Lipinski definition) is 0. The van der Waals surface area contributed by atoms with Gasteiger partial charge in [-0.05, 0) is 128 Å². The minimum atomic E-state index is -4.66. The quantitative estimate of drug-likeness (QED) is 0.0195. The summed E-state index contributed by atoms with van der Waals surface area (Å²) in [4.78, 5) is 38.1. The number of carbonyl (C=O) groups is 2. The van der Waals surface area contributed by atoms with Gasteiger partial charge in [0.05, 0.1) is 27.7 Å². The molecular weight excluding hydrogens is 1130 g/mol. The SMILES string of the molecule is CC/C=C\C/C=C\C/C=C\C/C=C\C/C=C\C/C=C\C/C=C\CCCCCCCCCCCCCCCCCCCC(=O)OC(COC(=O)CCCCCCC/C=C\C/C=C\C/C=C\C/C=C\C/C=C\C/C=C\C/C=C\CC)COP(=O)([O-])OCC[N+](C)(C)C. The van der Waals surface area contributed by atoms with Gasteiger partial charge in [0.15, 0.2) is 6.10 Å². The van der Waals surface area contributed by atoms with E-state index < -0.39 is 32.5 Å². The van der Waals surface area contributed by atoms with E-state index in [9.17, 15) is 19.0 Å². The van der Waals surface area contributed by atoms with Crippen molar-refractivity contribution in [3.8, 4) is 0 Å². The topological polar surface area (TPSA) is 111 Å². The highest BCUT2D eigenvalue weighted by Gasteiger charge is 2.22. The Morgan fingerprint density at radius 3 is 0.889 bits per heavy atom. The Kier molecular flexibility index (Phi) is 65.2. The molecule has 0 aromatic rings. The summed E-state index contributed by atoms with van der Waals surface area (Å²) in [5.74, 6) is -0.861. The number of unbranched alkanes of at least 4 members (excludes halogenated alkanes) is 22. The normalized spacial score (nSPS) is 14.2. The molecule has 0 N–H and O–H groups in total. The molecule has 0 aliphatic carbocycles. The van der Waals surface area contributed by atoms with E-state index in [1.807, 2.05) is 21.1 Å². The van der Waals surface area contributed by atoms with E-state index in [0.717, 1.165) is 141 Å². The first-order chi connectivity index (χ1) is 44.0. The van der Waals surface area contributed by atoms with E-state index in [-0.39, 0.29) is 26.1 Å². The van der Waals surface area contributed by atoms with Crippen LogP contribution in [0.2, 0.25) is 0 Å². The van der Waals surface area contributed by atoms with E-state index >= 15 is 0 Å². The van der Waals surface area contributed by atoms with Crippen LogP contribution in [0.3, 0.4) is 0 Å². The number of nitrogens with zero attached hydrogens (tertiary/aromatic N) is 1. The maximum absolute atomic E-state index is 12.9. The molecular formula is C80H132NO8P. The first-order valence-electron chi connectivity index (χ1n) is 35.8. The number of esters is 2. The second-order valence-corrected chi connectivity index (χ2v) is 25.9. The maximum atomic E-state index is 12.9. The fourth-order valence-electron chi connectivity index (χ4n) is 9.32. The minimum Gasteiger partial charge on any atom is -0.756 e. The van der Waals surface area contributed by atoms with Crippen molar-refractivity contribution in [1.82, 2.24) is 0 Å². The molecule has 90 heavy (non-hydrogen) atoms. The number of rotatable bonds is 64. The summed E-state index contributed by atoms with van der Waals surface area (Å²) in [6, 6.07) is 0. The lowest BCUT2D eigenvalue weighted by atomic mass is 10.0. The predicted octanol–water partition coefficient (Wildman–Crippen LogP) is 23.1. The summed E-state index contributed by atoms with van der Waals surface area (Å²) in [5, 5.41) is 0. The van der Waals surface area contributed by atoms with E-state index in [4.69, 9.17) is 18.5 Å². The summed E-state index contributed by atoms with van der Waals surface area (Å²) in [5.41, 5.74) is 0. The van der Waals surface area contributed by atoms with Crippen LogP contribution in [0.15, 0.2) is 170 Å². The molecule has 0 aliphatic heterocycles. The zero-order chi connectivity index (χ0) is 65.5. The van der Waals surface area contributed by atoms with Gasteiger partial charge in [-0.2, -0.15) is 0 Å². The van der Waals surface area contributed by atoms with Crippen molar-refractivity contribution in [2.75, 3.05) is 47.5 Å². The average molecular weight is 1270 g/mol. The van der Waals surface area contributed by atoms with Crippen LogP contribution in [0, 0.1) is 0 Å². The molecule has 0 radical (unpaired) electrons. The Morgan fingerprint density at radius 2 is 0.600 bits per heavy atom. The van der Waals surface area contributed by atoms with Gasteiger partial charge in [0.1, 0.15) is 19.8 Å². The van der Waals surface area contributed by atoms with Crippen molar-refractivity contribution < 1.29 is 42.1 Å². The lowest BCUT2D eigenvalue weighted by Crippen LogP contribution is -2.37. The number of allylic oxidation sites excluding steroid dienone is 28. The molecule has 9 nitrogen and oxygen atoms in total. The van der Waals surface area contributed by atoms with Gasteiger partial charge in [0, 0.05) is 12.8 Å². The van der Waals surface area contributed by atoms with Crippen LogP contribution in [0.5, 0.6) is 0 Å². The van der Waals surface area contributed by atoms with Crippen LogP contribution in [-0.4, -0.2) is 70.0 Å². The monoisotopic (exact) mass is 1270 g/mol. The lowest BCUT2D eigenvalue weighted by Gasteiger charge is -2.28. The molecule has 0 aliphatic rings. The number of hydrogen-bond acceptors (Lipinski definition) is 8. The van der Waals surface area contributed by atoms with E-state index in [0.29, 0.717) is 23.9 Å². The van der Waals surface area contributed by atoms with Crippen molar-refractivity contribution in [2.24, 2.45) is 0 Å². The molecule has 0 aromatic carbocycles. The number of quaternary nitrogens is 1. The zero-order valence-corrected chi connectivity index (χ0v) is 58.9. The molecule has 0 heterocycles. The molecule has 0 spiro atoms. The van der Waals surface area contributed by atoms with Gasteiger partial charge in [-0.3, -0.25) is 14.2 Å². The molecule has 0 saturated heterocycles. The summed E-state index contributed by atoms with van der Waals surface area (Å²) < 4.78 is 34.3. The van der Waals surface area contributed by atoms with Crippen LogP contribution in [0.4, 0.5) is 0 Å². The van der Waals surface area contributed by atoms with Crippen LogP contribution in [0.1, 0.15) is 271 Å². The van der Waals surface area contributed by atoms with E-state index in [1.165, 1.54) is 89.9 Å². The molecule has 510 valence electrons. The van der Waals surface area contributed by atoms with Crippen LogP contribution in [-0.2, 0) is 32.7 Å². The van der Waals surface area contributed by atoms with Gasteiger partial charge in [-0.25, -0.2) is 0 Å². The standard InChI is InChI=1S/C80H132NO8P/c1-6-8-10-12-14-16-18-20-22-24-26-28-30-32-34-35-36-37-38-39-40-41-42-43-44-45-47-49-51-53-55-57-59-61-63-65-67-69-71-73-80(83)89-78(77-88-90(84,85)87-75-74-81(3,4)5)76-86-79(82)72-70-68-66-64-62-60-58-56-54-52-50-48-46-33-31-29-27-25-23-21-19-17-15-13-11-9-7-2/h8-11,14-17,20-23,26-29,32-34,36-37,39-40,46,50,52,56,58,78H,6-7,12-13,18-19,24-25,30-31,35,38,41-45,47-49,51,53-55,57,59-77H2,1-5H3/b10-8-,11-9-,16-14-,17-15-,22-20-,23-21-,28-26-,29-27-,34-32-,37-36-,40-39-,46-33-,52-50-,58-56-. The third-order valence-corrected chi connectivity index (χ3v) is 15.7. The number of carbonyl (C=O) groups excluding carboxylic acids is 2. The van der Waals surface area contributed by atoms with Crippen LogP contribution < -0.4 is 4.89 Å². The van der Waals surface area contributed by atoms with Crippen molar-refractivity contribution in [3.63, 3.8) is 0 Å². The molecule has 2 unspecified atom stereocenters. The van der Waals surface area contributed by atoms with Gasteiger partial charge in [0.2, 0.25) is 0 Å². The lowest BCUT2D eigenvalue weighted by molar-refractivity contribution is -0.870. The van der Waals surface area contributed by atoms with Gasteiger partial charge in [-0.1, -0.05) is 300 Å². The fourth-order valence-corrected chi connectivity index (χ4v) is 10.1. The second kappa shape index (κ2) is 68.7. The maximum Gasteiger partial charge on any atom is 0.306 e. The van der Waals surface area contributed by atoms with Gasteiger partial charge in [0.25, 0.3) is 7.82 Å². The Morgan fingerprint density at radius 1 is 0.344 bits per heavy atom. The zero-order valence-electron chi connectivity index (χ0n) is 58.0.